The Balaban J connectivity index is 1.55. The Kier molecular flexibility index (Phi) is 4.52. The van der Waals surface area contributed by atoms with Crippen LogP contribution in [0.2, 0.25) is 0 Å². The predicted octanol–water partition coefficient (Wildman–Crippen LogP) is 2.52. The number of hydrogen-bond donors (Lipinski definition) is 2. The molecule has 0 saturated heterocycles. The molecule has 0 spiro atoms. The normalized spacial score (nSPS) is 13.2. The van der Waals surface area contributed by atoms with Gasteiger partial charge in [0.25, 0.3) is 5.91 Å². The summed E-state index contributed by atoms with van der Waals surface area (Å²) in [6, 6.07) is 10.3. The van der Waals surface area contributed by atoms with Crippen LogP contribution in [-0.4, -0.2) is 40.9 Å². The Bertz CT molecular complexity index is 1090. The van der Waals surface area contributed by atoms with Crippen molar-refractivity contribution in [2.45, 2.75) is 13.3 Å². The van der Waals surface area contributed by atoms with Crippen LogP contribution in [0.3, 0.4) is 0 Å². The Morgan fingerprint density at radius 2 is 2.11 bits per heavy atom. The van der Waals surface area contributed by atoms with Crippen LogP contribution in [0.4, 0.5) is 11.4 Å². The highest BCUT2D eigenvalue weighted by Gasteiger charge is 2.28. The lowest BCUT2D eigenvalue weighted by atomic mass is 10.1. The van der Waals surface area contributed by atoms with Crippen molar-refractivity contribution in [2.24, 2.45) is 0 Å². The first-order chi connectivity index (χ1) is 13.5. The number of H-pyrrole nitrogens is 1. The van der Waals surface area contributed by atoms with Crippen LogP contribution in [-0.2, 0) is 9.59 Å². The first kappa shape index (κ1) is 17.7. The fourth-order valence-electron chi connectivity index (χ4n) is 3.11. The van der Waals surface area contributed by atoms with Gasteiger partial charge in [-0.05, 0) is 36.4 Å². The van der Waals surface area contributed by atoms with Crippen LogP contribution in [0.5, 0.6) is 5.75 Å². The third-order valence-corrected chi connectivity index (χ3v) is 4.57. The molecule has 0 aliphatic carbocycles. The zero-order chi connectivity index (χ0) is 19.7. The lowest BCUT2D eigenvalue weighted by molar-refractivity contribution is -0.123. The second-order valence-electron chi connectivity index (χ2n) is 6.45. The van der Waals surface area contributed by atoms with Crippen molar-refractivity contribution in [3.05, 3.63) is 48.2 Å². The topological polar surface area (TPSA) is 104 Å². The van der Waals surface area contributed by atoms with Gasteiger partial charge in [0, 0.05) is 23.1 Å². The first-order valence-electron chi connectivity index (χ1n) is 8.88. The molecule has 8 heteroatoms. The number of carbonyl (C=O) groups is 3. The first-order valence-corrected chi connectivity index (χ1v) is 8.88. The van der Waals surface area contributed by atoms with Gasteiger partial charge in [-0.3, -0.25) is 24.4 Å². The number of aromatic nitrogens is 2. The smallest absolute Gasteiger partial charge is 0.265 e. The van der Waals surface area contributed by atoms with Crippen LogP contribution in [0.25, 0.3) is 10.9 Å². The summed E-state index contributed by atoms with van der Waals surface area (Å²) in [5.74, 6) is -0.267. The summed E-state index contributed by atoms with van der Waals surface area (Å²) in [7, 11) is 0. The molecule has 2 N–H and O–H groups in total. The number of nitrogens with zero attached hydrogens (tertiary/aromatic N) is 2. The number of ketones is 1. The molecule has 28 heavy (non-hydrogen) atoms. The lowest BCUT2D eigenvalue weighted by Crippen LogP contribution is -2.43. The van der Waals surface area contributed by atoms with Crippen molar-refractivity contribution in [3.63, 3.8) is 0 Å². The lowest BCUT2D eigenvalue weighted by Gasteiger charge is -2.29. The molecule has 2 aromatic carbocycles. The second kappa shape index (κ2) is 7.15. The largest absolute Gasteiger partial charge is 0.482 e. The molecule has 0 radical (unpaired) electrons. The van der Waals surface area contributed by atoms with Crippen molar-refractivity contribution in [1.29, 1.82) is 0 Å². The summed E-state index contributed by atoms with van der Waals surface area (Å²) >= 11 is 0. The number of Topliss-reactive ketones (excluding diaryl/α,β-unsaturated/α-hetero) is 1. The van der Waals surface area contributed by atoms with E-state index in [0.717, 1.165) is 10.9 Å². The van der Waals surface area contributed by atoms with Crippen LogP contribution in [0.15, 0.2) is 42.6 Å². The number of hydrogen-bond acceptors (Lipinski definition) is 5. The number of aromatic amines is 1. The molecule has 0 fully saturated rings. The van der Waals surface area contributed by atoms with E-state index in [-0.39, 0.29) is 30.7 Å². The third-order valence-electron chi connectivity index (χ3n) is 4.57. The van der Waals surface area contributed by atoms with Gasteiger partial charge in [0.1, 0.15) is 12.3 Å². The van der Waals surface area contributed by atoms with Gasteiger partial charge < -0.3 is 10.1 Å². The Morgan fingerprint density at radius 3 is 2.93 bits per heavy atom. The summed E-state index contributed by atoms with van der Waals surface area (Å²) in [6.45, 7) is 1.44. The molecule has 2 heterocycles. The fourth-order valence-corrected chi connectivity index (χ4v) is 3.11. The molecule has 2 amide bonds. The zero-order valence-electron chi connectivity index (χ0n) is 15.2. The number of rotatable bonds is 5. The van der Waals surface area contributed by atoms with Crippen molar-refractivity contribution in [2.75, 3.05) is 23.4 Å². The van der Waals surface area contributed by atoms with Crippen molar-refractivity contribution < 1.29 is 19.1 Å². The molecule has 1 aliphatic rings. The zero-order valence-corrected chi connectivity index (χ0v) is 15.2. The molecule has 0 atom stereocenters. The number of carbonyl (C=O) groups excluding carboxylic acids is 3. The monoisotopic (exact) mass is 378 g/mol. The third kappa shape index (κ3) is 3.32. The van der Waals surface area contributed by atoms with E-state index in [2.05, 4.69) is 15.5 Å². The molecule has 4 rings (SSSR count). The number of amides is 2. The highest BCUT2D eigenvalue weighted by molar-refractivity contribution is 6.06. The van der Waals surface area contributed by atoms with E-state index in [1.54, 1.807) is 43.5 Å². The van der Waals surface area contributed by atoms with Gasteiger partial charge in [0.05, 0.1) is 17.4 Å². The number of fused-ring (bicyclic) bond motifs is 2. The quantitative estimate of drug-likeness (QED) is 0.664. The van der Waals surface area contributed by atoms with Crippen molar-refractivity contribution >= 4 is 39.9 Å². The highest BCUT2D eigenvalue weighted by Crippen LogP contribution is 2.33. The second-order valence-corrected chi connectivity index (χ2v) is 6.45. The Morgan fingerprint density at radius 1 is 1.25 bits per heavy atom. The van der Waals surface area contributed by atoms with E-state index < -0.39 is 0 Å². The fraction of sp³-hybridized carbons (Fsp3) is 0.200. The maximum absolute atomic E-state index is 12.5. The average Bonchev–Trinajstić information content (AvgIpc) is 3.17. The van der Waals surface area contributed by atoms with Crippen LogP contribution in [0.1, 0.15) is 23.7 Å². The maximum atomic E-state index is 12.5. The van der Waals surface area contributed by atoms with E-state index in [1.807, 2.05) is 6.07 Å². The predicted molar refractivity (Wildman–Crippen MR) is 104 cm³/mol. The molecule has 1 aromatic heterocycles. The summed E-state index contributed by atoms with van der Waals surface area (Å²) in [4.78, 5) is 38.3. The van der Waals surface area contributed by atoms with Gasteiger partial charge in [-0.2, -0.15) is 5.10 Å². The van der Waals surface area contributed by atoms with Gasteiger partial charge in [-0.25, -0.2) is 0 Å². The number of anilines is 2. The summed E-state index contributed by atoms with van der Waals surface area (Å²) in [6.07, 6.45) is 2.05. The molecule has 0 bridgehead atoms. The molecule has 8 nitrogen and oxygen atoms in total. The minimum atomic E-state index is -0.354. The van der Waals surface area contributed by atoms with E-state index >= 15 is 0 Å². The van der Waals surface area contributed by atoms with E-state index in [1.165, 1.54) is 4.90 Å². The number of nitrogens with one attached hydrogen (secondary N) is 2. The van der Waals surface area contributed by atoms with Crippen molar-refractivity contribution in [3.8, 4) is 5.75 Å². The molecular weight excluding hydrogens is 360 g/mol. The summed E-state index contributed by atoms with van der Waals surface area (Å²) in [5.41, 5.74) is 2.30. The van der Waals surface area contributed by atoms with E-state index in [0.29, 0.717) is 29.1 Å². The standard InChI is InChI=1S/C20H18N4O4/c1-2-17(25)12-4-6-18-16(7-12)24(20(27)11-28-18)10-19(26)22-14-5-3-13-9-21-23-15(13)8-14/h3-9H,2,10-11H2,1H3,(H,21,23)(H,22,26). The van der Waals surface area contributed by atoms with E-state index in [9.17, 15) is 14.4 Å². The van der Waals surface area contributed by atoms with Crippen LogP contribution < -0.4 is 15.0 Å². The Labute approximate surface area is 160 Å². The van der Waals surface area contributed by atoms with Crippen LogP contribution >= 0.6 is 0 Å². The molecule has 3 aromatic rings. The summed E-state index contributed by atoms with van der Waals surface area (Å²) < 4.78 is 5.43. The van der Waals surface area contributed by atoms with Gasteiger partial charge >= 0.3 is 0 Å². The molecule has 0 saturated carbocycles. The minimum Gasteiger partial charge on any atom is -0.482 e. The van der Waals surface area contributed by atoms with Gasteiger partial charge in [0.15, 0.2) is 12.4 Å². The molecule has 1 aliphatic heterocycles. The van der Waals surface area contributed by atoms with E-state index in [4.69, 9.17) is 4.74 Å². The van der Waals surface area contributed by atoms with Crippen LogP contribution in [0, 0.1) is 0 Å². The minimum absolute atomic E-state index is 0.0434. The van der Waals surface area contributed by atoms with Gasteiger partial charge in [-0.1, -0.05) is 6.92 Å². The number of benzene rings is 2. The summed E-state index contributed by atoms with van der Waals surface area (Å²) in [5, 5.41) is 10.5. The molecular formula is C20H18N4O4. The van der Waals surface area contributed by atoms with Gasteiger partial charge in [0.2, 0.25) is 5.91 Å². The molecule has 0 unspecified atom stereocenters. The SMILES string of the molecule is CCC(=O)c1ccc2c(c1)N(CC(=O)Nc1ccc3cn[nH]c3c1)C(=O)CO2. The van der Waals surface area contributed by atoms with Gasteiger partial charge in [-0.15, -0.1) is 0 Å². The Hall–Kier alpha value is -3.68. The van der Waals surface area contributed by atoms with Crippen molar-refractivity contribution in [1.82, 2.24) is 10.2 Å². The average molecular weight is 378 g/mol. The maximum Gasteiger partial charge on any atom is 0.265 e. The number of ether oxygens (including phenoxy) is 1. The highest BCUT2D eigenvalue weighted by atomic mass is 16.5. The molecule has 142 valence electrons.